The molecular weight excluding hydrogens is 248 g/mol. The Hall–Kier alpha value is -1.12. The molecule has 0 N–H and O–H groups in total. The maximum Gasteiger partial charge on any atom is 0.141 e. The van der Waals surface area contributed by atoms with Crippen LogP contribution < -0.4 is 0 Å². The van der Waals surface area contributed by atoms with Crippen molar-refractivity contribution in [3.8, 4) is 0 Å². The third-order valence-corrected chi connectivity index (χ3v) is 4.74. The fourth-order valence-electron chi connectivity index (χ4n) is 3.41. The Morgan fingerprint density at radius 3 is 2.55 bits per heavy atom. The van der Waals surface area contributed by atoms with Crippen LogP contribution in [0.4, 0.5) is 0 Å². The molecule has 0 spiro atoms. The van der Waals surface area contributed by atoms with Gasteiger partial charge in [-0.05, 0) is 44.1 Å². The number of aromatic nitrogens is 2. The van der Waals surface area contributed by atoms with Crippen molar-refractivity contribution in [1.82, 2.24) is 9.78 Å². The number of rotatable bonds is 6. The first-order valence-electron chi connectivity index (χ1n) is 8.18. The van der Waals surface area contributed by atoms with Gasteiger partial charge in [0.1, 0.15) is 5.78 Å². The van der Waals surface area contributed by atoms with Gasteiger partial charge in [0.15, 0.2) is 0 Å². The molecule has 0 radical (unpaired) electrons. The Morgan fingerprint density at radius 2 is 2.00 bits per heavy atom. The summed E-state index contributed by atoms with van der Waals surface area (Å²) >= 11 is 0. The number of ketones is 1. The average molecular weight is 276 g/mol. The van der Waals surface area contributed by atoms with Gasteiger partial charge in [0.25, 0.3) is 0 Å². The summed E-state index contributed by atoms with van der Waals surface area (Å²) in [6, 6.07) is 2.08. The second-order valence-electron chi connectivity index (χ2n) is 6.25. The zero-order chi connectivity index (χ0) is 14.5. The Morgan fingerprint density at radius 1 is 1.30 bits per heavy atom. The summed E-state index contributed by atoms with van der Waals surface area (Å²) in [5, 5.41) is 4.43. The van der Waals surface area contributed by atoms with Crippen molar-refractivity contribution >= 4 is 5.78 Å². The van der Waals surface area contributed by atoms with E-state index in [2.05, 4.69) is 25.0 Å². The lowest BCUT2D eigenvalue weighted by atomic mass is 9.77. The second-order valence-corrected chi connectivity index (χ2v) is 6.25. The van der Waals surface area contributed by atoms with Gasteiger partial charge in [0.05, 0.1) is 5.69 Å². The van der Waals surface area contributed by atoms with Crippen LogP contribution in [0.3, 0.4) is 0 Å². The molecule has 0 unspecified atom stereocenters. The number of hydrogen-bond donors (Lipinski definition) is 0. The molecule has 3 heteroatoms. The molecule has 1 aliphatic rings. The van der Waals surface area contributed by atoms with Gasteiger partial charge in [-0.25, -0.2) is 0 Å². The molecule has 0 aromatic carbocycles. The van der Waals surface area contributed by atoms with E-state index in [0.717, 1.165) is 36.6 Å². The highest BCUT2D eigenvalue weighted by molar-refractivity contribution is 5.83. The largest absolute Gasteiger partial charge is 0.299 e. The van der Waals surface area contributed by atoms with Gasteiger partial charge in [-0.3, -0.25) is 9.48 Å². The van der Waals surface area contributed by atoms with Crippen LogP contribution in [0.15, 0.2) is 6.07 Å². The Kier molecular flexibility index (Phi) is 5.38. The molecule has 0 saturated heterocycles. The minimum absolute atomic E-state index is 0.295. The summed E-state index contributed by atoms with van der Waals surface area (Å²) in [6.45, 7) is 4.36. The van der Waals surface area contributed by atoms with Crippen molar-refractivity contribution in [2.24, 2.45) is 18.9 Å². The summed E-state index contributed by atoms with van der Waals surface area (Å²) in [7, 11) is 1.94. The van der Waals surface area contributed by atoms with E-state index < -0.39 is 0 Å². The van der Waals surface area contributed by atoms with E-state index in [1.807, 2.05) is 11.7 Å². The smallest absolute Gasteiger partial charge is 0.141 e. The van der Waals surface area contributed by atoms with Crippen LogP contribution in [-0.2, 0) is 24.7 Å². The molecule has 20 heavy (non-hydrogen) atoms. The standard InChI is InChI=1S/C17H28N2O/c1-4-6-13-7-9-14(10-8-13)17(20)12-16-11-15(5-2)18-19(16)3/h11,13-14H,4-10,12H2,1-3H3. The molecule has 0 aliphatic heterocycles. The second kappa shape index (κ2) is 7.05. The molecular formula is C17H28N2O. The van der Waals surface area contributed by atoms with Crippen LogP contribution in [0.1, 0.15) is 63.8 Å². The zero-order valence-electron chi connectivity index (χ0n) is 13.2. The van der Waals surface area contributed by atoms with Crippen molar-refractivity contribution in [3.63, 3.8) is 0 Å². The lowest BCUT2D eigenvalue weighted by Crippen LogP contribution is -2.24. The molecule has 1 aromatic heterocycles. The van der Waals surface area contributed by atoms with Crippen molar-refractivity contribution in [2.75, 3.05) is 0 Å². The quantitative estimate of drug-likeness (QED) is 0.794. The molecule has 1 saturated carbocycles. The molecule has 1 fully saturated rings. The number of nitrogens with zero attached hydrogens (tertiary/aromatic N) is 2. The number of Topliss-reactive ketones (excluding diaryl/α,β-unsaturated/α-hetero) is 1. The first-order valence-corrected chi connectivity index (χ1v) is 8.18. The highest BCUT2D eigenvalue weighted by Crippen LogP contribution is 2.32. The summed E-state index contributed by atoms with van der Waals surface area (Å²) in [5.74, 6) is 1.58. The highest BCUT2D eigenvalue weighted by Gasteiger charge is 2.26. The third-order valence-electron chi connectivity index (χ3n) is 4.74. The molecule has 2 rings (SSSR count). The molecule has 112 valence electrons. The van der Waals surface area contributed by atoms with E-state index in [1.165, 1.54) is 25.7 Å². The van der Waals surface area contributed by atoms with Gasteiger partial charge in [-0.15, -0.1) is 0 Å². The molecule has 1 aromatic rings. The summed E-state index contributed by atoms with van der Waals surface area (Å²) < 4.78 is 1.87. The summed E-state index contributed by atoms with van der Waals surface area (Å²) in [6.07, 6.45) is 8.80. The van der Waals surface area contributed by atoms with Crippen molar-refractivity contribution < 1.29 is 4.79 Å². The normalized spacial score (nSPS) is 22.9. The Balaban J connectivity index is 1.87. The first-order chi connectivity index (χ1) is 9.63. The maximum atomic E-state index is 12.4. The monoisotopic (exact) mass is 276 g/mol. The van der Waals surface area contributed by atoms with Gasteiger partial charge in [-0.1, -0.05) is 26.7 Å². The summed E-state index contributed by atoms with van der Waals surface area (Å²) in [5.41, 5.74) is 2.16. The topological polar surface area (TPSA) is 34.9 Å². The van der Waals surface area contributed by atoms with Crippen LogP contribution in [0.25, 0.3) is 0 Å². The molecule has 1 aliphatic carbocycles. The highest BCUT2D eigenvalue weighted by atomic mass is 16.1. The van der Waals surface area contributed by atoms with Gasteiger partial charge in [-0.2, -0.15) is 5.10 Å². The van der Waals surface area contributed by atoms with Crippen LogP contribution >= 0.6 is 0 Å². The lowest BCUT2D eigenvalue weighted by molar-refractivity contribution is -0.123. The zero-order valence-corrected chi connectivity index (χ0v) is 13.2. The SMILES string of the molecule is CCCC1CCC(C(=O)Cc2cc(CC)nn2C)CC1. The fourth-order valence-corrected chi connectivity index (χ4v) is 3.41. The van der Waals surface area contributed by atoms with E-state index >= 15 is 0 Å². The molecule has 0 atom stereocenters. The van der Waals surface area contributed by atoms with Crippen molar-refractivity contribution in [1.29, 1.82) is 0 Å². The van der Waals surface area contributed by atoms with E-state index in [1.54, 1.807) is 0 Å². The van der Waals surface area contributed by atoms with Crippen molar-refractivity contribution in [2.45, 2.75) is 65.2 Å². The molecule has 1 heterocycles. The van der Waals surface area contributed by atoms with E-state index in [-0.39, 0.29) is 0 Å². The predicted molar refractivity (Wildman–Crippen MR) is 81.7 cm³/mol. The van der Waals surface area contributed by atoms with Crippen molar-refractivity contribution in [3.05, 3.63) is 17.5 Å². The number of carbonyl (C=O) groups excluding carboxylic acids is 1. The van der Waals surface area contributed by atoms with Crippen LogP contribution in [0.5, 0.6) is 0 Å². The molecule has 0 bridgehead atoms. The predicted octanol–water partition coefficient (Wildman–Crippen LogP) is 3.70. The van der Waals surface area contributed by atoms with Gasteiger partial charge >= 0.3 is 0 Å². The number of carbonyl (C=O) groups is 1. The van der Waals surface area contributed by atoms with Crippen LogP contribution in [0.2, 0.25) is 0 Å². The van der Waals surface area contributed by atoms with Gasteiger partial charge < -0.3 is 0 Å². The van der Waals surface area contributed by atoms with Crippen LogP contribution in [-0.4, -0.2) is 15.6 Å². The lowest BCUT2D eigenvalue weighted by Gasteiger charge is -2.27. The van der Waals surface area contributed by atoms with E-state index in [9.17, 15) is 4.79 Å². The minimum Gasteiger partial charge on any atom is -0.299 e. The molecule has 3 nitrogen and oxygen atoms in total. The van der Waals surface area contributed by atoms with Gasteiger partial charge in [0, 0.05) is 25.1 Å². The van der Waals surface area contributed by atoms with E-state index in [0.29, 0.717) is 18.1 Å². The first kappa shape index (κ1) is 15.3. The third kappa shape index (κ3) is 3.71. The van der Waals surface area contributed by atoms with Crippen LogP contribution in [0, 0.1) is 11.8 Å². The Bertz CT molecular complexity index is 442. The fraction of sp³-hybridized carbons (Fsp3) is 0.765. The number of hydrogen-bond acceptors (Lipinski definition) is 2. The van der Waals surface area contributed by atoms with E-state index in [4.69, 9.17) is 0 Å². The van der Waals surface area contributed by atoms with Gasteiger partial charge in [0.2, 0.25) is 0 Å². The number of aryl methyl sites for hydroxylation is 2. The maximum absolute atomic E-state index is 12.4. The summed E-state index contributed by atoms with van der Waals surface area (Å²) in [4.78, 5) is 12.4. The minimum atomic E-state index is 0.295. The Labute approximate surface area is 122 Å². The molecule has 0 amide bonds. The average Bonchev–Trinajstić information content (AvgIpc) is 2.80.